The molecule has 0 radical (unpaired) electrons. The van der Waals surface area contributed by atoms with E-state index in [0.29, 0.717) is 10.7 Å². The monoisotopic (exact) mass is 328 g/mol. The fraction of sp³-hybridized carbons (Fsp3) is 0.0588. The van der Waals surface area contributed by atoms with E-state index in [2.05, 4.69) is 10.3 Å². The predicted molar refractivity (Wildman–Crippen MR) is 88.9 cm³/mol. The van der Waals surface area contributed by atoms with Gasteiger partial charge in [-0.2, -0.15) is 0 Å². The molecule has 4 nitrogen and oxygen atoms in total. The average molecular weight is 328 g/mol. The molecule has 6 heteroatoms. The first-order chi connectivity index (χ1) is 11.0. The summed E-state index contributed by atoms with van der Waals surface area (Å²) in [6, 6.07) is 11.3. The van der Waals surface area contributed by atoms with Crippen LogP contribution in [0.25, 0.3) is 11.3 Å². The molecule has 0 bridgehead atoms. The number of halogens is 1. The van der Waals surface area contributed by atoms with Crippen molar-refractivity contribution in [1.29, 1.82) is 0 Å². The van der Waals surface area contributed by atoms with Gasteiger partial charge >= 0.3 is 5.97 Å². The van der Waals surface area contributed by atoms with Gasteiger partial charge in [-0.15, -0.1) is 11.3 Å². The summed E-state index contributed by atoms with van der Waals surface area (Å²) in [7, 11) is 0. The van der Waals surface area contributed by atoms with Crippen LogP contribution in [0.5, 0.6) is 0 Å². The summed E-state index contributed by atoms with van der Waals surface area (Å²) in [6.45, 7) is 1.72. The van der Waals surface area contributed by atoms with E-state index in [1.807, 2.05) is 5.38 Å². The van der Waals surface area contributed by atoms with E-state index in [9.17, 15) is 9.18 Å². The number of benzene rings is 2. The molecule has 0 aliphatic carbocycles. The molecule has 2 N–H and O–H groups in total. The zero-order chi connectivity index (χ0) is 16.4. The van der Waals surface area contributed by atoms with E-state index < -0.39 is 5.97 Å². The molecule has 2 aromatic carbocycles. The number of hydrogen-bond donors (Lipinski definition) is 2. The van der Waals surface area contributed by atoms with Gasteiger partial charge in [0.05, 0.1) is 11.3 Å². The molecule has 0 amide bonds. The second-order valence-electron chi connectivity index (χ2n) is 5.01. The Morgan fingerprint density at radius 3 is 2.61 bits per heavy atom. The zero-order valence-electron chi connectivity index (χ0n) is 12.2. The quantitative estimate of drug-likeness (QED) is 0.729. The Balaban J connectivity index is 1.79. The van der Waals surface area contributed by atoms with Crippen LogP contribution in [0.2, 0.25) is 0 Å². The maximum atomic E-state index is 13.3. The highest BCUT2D eigenvalue weighted by Crippen LogP contribution is 2.28. The van der Waals surface area contributed by atoms with Crippen molar-refractivity contribution in [2.75, 3.05) is 5.32 Å². The first kappa shape index (κ1) is 15.2. The molecule has 23 heavy (non-hydrogen) atoms. The van der Waals surface area contributed by atoms with Crippen LogP contribution in [0, 0.1) is 12.7 Å². The number of hydrogen-bond acceptors (Lipinski definition) is 4. The highest BCUT2D eigenvalue weighted by molar-refractivity contribution is 7.14. The van der Waals surface area contributed by atoms with Gasteiger partial charge in [-0.3, -0.25) is 0 Å². The molecule has 3 aromatic rings. The largest absolute Gasteiger partial charge is 0.478 e. The average Bonchev–Trinajstić information content (AvgIpc) is 2.99. The molecule has 0 saturated carbocycles. The predicted octanol–water partition coefficient (Wildman–Crippen LogP) is 4.70. The third kappa shape index (κ3) is 3.37. The lowest BCUT2D eigenvalue weighted by Crippen LogP contribution is -1.96. The van der Waals surface area contributed by atoms with Gasteiger partial charge in [0.1, 0.15) is 5.82 Å². The standard InChI is InChI=1S/C17H13FN2O2S/c1-10-8-12(4-7-14(10)18)15-9-23-17(20-15)19-13-5-2-11(3-6-13)16(21)22/h2-9H,1H3,(H,19,20)(H,21,22). The Kier molecular flexibility index (Phi) is 4.08. The zero-order valence-corrected chi connectivity index (χ0v) is 13.0. The van der Waals surface area contributed by atoms with Gasteiger partial charge in [0.25, 0.3) is 0 Å². The lowest BCUT2D eigenvalue weighted by molar-refractivity contribution is 0.0697. The normalized spacial score (nSPS) is 10.5. The maximum Gasteiger partial charge on any atom is 0.335 e. The van der Waals surface area contributed by atoms with Crippen LogP contribution in [0.4, 0.5) is 15.2 Å². The number of aromatic nitrogens is 1. The summed E-state index contributed by atoms with van der Waals surface area (Å²) in [5.41, 5.74) is 3.19. The summed E-state index contributed by atoms with van der Waals surface area (Å²) in [5, 5.41) is 14.6. The van der Waals surface area contributed by atoms with Crippen molar-refractivity contribution in [1.82, 2.24) is 4.98 Å². The van der Waals surface area contributed by atoms with Crippen molar-refractivity contribution in [3.05, 3.63) is 64.8 Å². The van der Waals surface area contributed by atoms with Crippen LogP contribution in [-0.4, -0.2) is 16.1 Å². The van der Waals surface area contributed by atoms with Gasteiger partial charge in [0.2, 0.25) is 0 Å². The molecule has 0 unspecified atom stereocenters. The van der Waals surface area contributed by atoms with E-state index in [1.165, 1.54) is 29.5 Å². The molecule has 0 aliphatic heterocycles. The van der Waals surface area contributed by atoms with Gasteiger partial charge in [0.15, 0.2) is 5.13 Å². The second-order valence-corrected chi connectivity index (χ2v) is 5.87. The molecule has 0 spiro atoms. The fourth-order valence-electron chi connectivity index (χ4n) is 2.09. The first-order valence-corrected chi connectivity index (χ1v) is 7.73. The smallest absolute Gasteiger partial charge is 0.335 e. The van der Waals surface area contributed by atoms with Crippen LogP contribution >= 0.6 is 11.3 Å². The Morgan fingerprint density at radius 2 is 1.96 bits per heavy atom. The number of nitrogens with one attached hydrogen (secondary N) is 1. The minimum Gasteiger partial charge on any atom is -0.478 e. The van der Waals surface area contributed by atoms with Crippen LogP contribution < -0.4 is 5.32 Å². The number of carboxylic acids is 1. The van der Waals surface area contributed by atoms with Gasteiger partial charge in [-0.25, -0.2) is 14.2 Å². The van der Waals surface area contributed by atoms with E-state index in [1.54, 1.807) is 31.2 Å². The van der Waals surface area contributed by atoms with Crippen molar-refractivity contribution >= 4 is 28.1 Å². The third-order valence-electron chi connectivity index (χ3n) is 3.34. The summed E-state index contributed by atoms with van der Waals surface area (Å²) < 4.78 is 13.3. The van der Waals surface area contributed by atoms with E-state index >= 15 is 0 Å². The lowest BCUT2D eigenvalue weighted by atomic mass is 10.1. The molecule has 0 fully saturated rings. The van der Waals surface area contributed by atoms with Gasteiger partial charge in [0, 0.05) is 16.6 Å². The molecule has 0 aliphatic rings. The van der Waals surface area contributed by atoms with Crippen molar-refractivity contribution in [2.45, 2.75) is 6.92 Å². The second kappa shape index (κ2) is 6.18. The molecule has 0 atom stereocenters. The van der Waals surface area contributed by atoms with Crippen molar-refractivity contribution < 1.29 is 14.3 Å². The van der Waals surface area contributed by atoms with E-state index in [0.717, 1.165) is 16.9 Å². The van der Waals surface area contributed by atoms with Gasteiger partial charge in [-0.05, 0) is 55.0 Å². The van der Waals surface area contributed by atoms with Gasteiger partial charge in [-0.1, -0.05) is 0 Å². The maximum absolute atomic E-state index is 13.3. The molecule has 1 heterocycles. The Bertz CT molecular complexity index is 859. The highest BCUT2D eigenvalue weighted by Gasteiger charge is 2.07. The number of carboxylic acid groups (broad SMARTS) is 1. The minimum absolute atomic E-state index is 0.233. The number of aryl methyl sites for hydroxylation is 1. The van der Waals surface area contributed by atoms with Crippen LogP contribution in [0.3, 0.4) is 0 Å². The highest BCUT2D eigenvalue weighted by atomic mass is 32.1. The number of anilines is 2. The van der Waals surface area contributed by atoms with Crippen molar-refractivity contribution in [3.8, 4) is 11.3 Å². The van der Waals surface area contributed by atoms with E-state index in [4.69, 9.17) is 5.11 Å². The Hall–Kier alpha value is -2.73. The summed E-state index contributed by atoms with van der Waals surface area (Å²) in [5.74, 6) is -1.19. The van der Waals surface area contributed by atoms with Gasteiger partial charge < -0.3 is 10.4 Å². The number of rotatable bonds is 4. The third-order valence-corrected chi connectivity index (χ3v) is 4.10. The number of nitrogens with zero attached hydrogens (tertiary/aromatic N) is 1. The molecule has 116 valence electrons. The first-order valence-electron chi connectivity index (χ1n) is 6.85. The van der Waals surface area contributed by atoms with Crippen LogP contribution in [0.15, 0.2) is 47.8 Å². The van der Waals surface area contributed by atoms with Crippen LogP contribution in [-0.2, 0) is 0 Å². The number of thiazole rings is 1. The molecule has 3 rings (SSSR count). The van der Waals surface area contributed by atoms with E-state index in [-0.39, 0.29) is 11.4 Å². The number of aromatic carboxylic acids is 1. The van der Waals surface area contributed by atoms with Crippen molar-refractivity contribution in [2.24, 2.45) is 0 Å². The Labute approximate surface area is 136 Å². The number of carbonyl (C=O) groups is 1. The Morgan fingerprint density at radius 1 is 1.22 bits per heavy atom. The summed E-state index contributed by atoms with van der Waals surface area (Å²) in [6.07, 6.45) is 0. The van der Waals surface area contributed by atoms with Crippen molar-refractivity contribution in [3.63, 3.8) is 0 Å². The fourth-order valence-corrected chi connectivity index (χ4v) is 2.83. The van der Waals surface area contributed by atoms with Crippen LogP contribution in [0.1, 0.15) is 15.9 Å². The SMILES string of the molecule is Cc1cc(-c2csc(Nc3ccc(C(=O)O)cc3)n2)ccc1F. The summed E-state index contributed by atoms with van der Waals surface area (Å²) >= 11 is 1.43. The molecule has 1 aromatic heterocycles. The minimum atomic E-state index is -0.959. The molecule has 0 saturated heterocycles. The lowest BCUT2D eigenvalue weighted by Gasteiger charge is -2.03. The summed E-state index contributed by atoms with van der Waals surface area (Å²) in [4.78, 5) is 15.3. The molecular formula is C17H13FN2O2S. The molecular weight excluding hydrogens is 315 g/mol. The topological polar surface area (TPSA) is 62.2 Å².